The van der Waals surface area contributed by atoms with Gasteiger partial charge in [0.05, 0.1) is 19.8 Å². The lowest BCUT2D eigenvalue weighted by molar-refractivity contribution is -0.407. The number of amides is 4. The second-order valence-corrected chi connectivity index (χ2v) is 7.62. The molecular formula is C17H23N4O3S+. The molecule has 0 spiro atoms. The first-order valence-corrected chi connectivity index (χ1v) is 9.56. The van der Waals surface area contributed by atoms with Crippen LogP contribution in [0.3, 0.4) is 0 Å². The van der Waals surface area contributed by atoms with Gasteiger partial charge in [0.1, 0.15) is 6.21 Å². The third kappa shape index (κ3) is 3.68. The Morgan fingerprint density at radius 2 is 2.08 bits per heavy atom. The summed E-state index contributed by atoms with van der Waals surface area (Å²) in [5, 5.41) is 3.08. The summed E-state index contributed by atoms with van der Waals surface area (Å²) in [5.74, 6) is -0.241. The minimum absolute atomic E-state index is 0.0112. The zero-order valence-corrected chi connectivity index (χ0v) is 15.3. The number of allylic oxidation sites excluding steroid dienone is 1. The van der Waals surface area contributed by atoms with Gasteiger partial charge in [-0.25, -0.2) is 4.79 Å². The number of dihydropyridines is 1. The van der Waals surface area contributed by atoms with Crippen molar-refractivity contribution in [2.75, 3.05) is 19.8 Å². The molecular weight excluding hydrogens is 340 g/mol. The van der Waals surface area contributed by atoms with Gasteiger partial charge in [0.25, 0.3) is 5.84 Å². The Morgan fingerprint density at radius 1 is 1.36 bits per heavy atom. The third-order valence-corrected chi connectivity index (χ3v) is 5.94. The Bertz CT molecular complexity index is 692. The number of fused-ring (bicyclic) bond motifs is 1. The molecule has 0 bridgehead atoms. The molecule has 1 saturated carbocycles. The number of aliphatic imine (C=N–C) groups is 1. The quantitative estimate of drug-likeness (QED) is 0.765. The second-order valence-electron chi connectivity index (χ2n) is 6.57. The molecule has 0 radical (unpaired) electrons. The van der Waals surface area contributed by atoms with Crippen molar-refractivity contribution in [3.8, 4) is 0 Å². The molecule has 1 unspecified atom stereocenters. The van der Waals surface area contributed by atoms with E-state index in [0.717, 1.165) is 22.6 Å². The van der Waals surface area contributed by atoms with Crippen LogP contribution in [0.1, 0.15) is 32.1 Å². The molecule has 7 nitrogen and oxygen atoms in total. The fraction of sp³-hybridized carbons (Fsp3) is 0.588. The minimum atomic E-state index is -0.606. The van der Waals surface area contributed by atoms with E-state index < -0.39 is 11.9 Å². The highest BCUT2D eigenvalue weighted by Crippen LogP contribution is 2.31. The summed E-state index contributed by atoms with van der Waals surface area (Å²) in [6.07, 6.45) is 9.00. The van der Waals surface area contributed by atoms with Crippen molar-refractivity contribution in [1.82, 2.24) is 10.2 Å². The normalized spacial score (nSPS) is 24.3. The van der Waals surface area contributed by atoms with Crippen molar-refractivity contribution in [3.63, 3.8) is 0 Å². The van der Waals surface area contributed by atoms with Gasteiger partial charge in [0.15, 0.2) is 5.92 Å². The summed E-state index contributed by atoms with van der Waals surface area (Å²) in [5.41, 5.74) is 0. The van der Waals surface area contributed by atoms with Crippen LogP contribution >= 0.6 is 11.8 Å². The number of imide groups is 1. The predicted molar refractivity (Wildman–Crippen MR) is 96.9 cm³/mol. The second kappa shape index (κ2) is 7.51. The molecule has 0 aromatic rings. The highest BCUT2D eigenvalue weighted by atomic mass is 32.2. The molecule has 0 aromatic carbocycles. The molecule has 1 fully saturated rings. The van der Waals surface area contributed by atoms with Gasteiger partial charge in [0, 0.05) is 10.9 Å². The van der Waals surface area contributed by atoms with Gasteiger partial charge in [0.2, 0.25) is 5.91 Å². The number of amidine groups is 1. The number of carbonyl (C=O) groups is 3. The largest absolute Gasteiger partial charge is 0.445 e. The number of rotatable bonds is 4. The van der Waals surface area contributed by atoms with Gasteiger partial charge in [-0.3, -0.25) is 9.59 Å². The summed E-state index contributed by atoms with van der Waals surface area (Å²) in [6, 6.07) is -0.119. The van der Waals surface area contributed by atoms with Crippen LogP contribution in [0.5, 0.6) is 0 Å². The van der Waals surface area contributed by atoms with Gasteiger partial charge in [-0.15, -0.1) is 16.8 Å². The topological polar surface area (TPSA) is 81.8 Å². The molecule has 8 heteroatoms. The number of thioether (sulfide) groups is 1. The van der Waals surface area contributed by atoms with Gasteiger partial charge in [-0.2, -0.15) is 9.48 Å². The molecule has 1 atom stereocenters. The van der Waals surface area contributed by atoms with Gasteiger partial charge < -0.3 is 5.32 Å². The number of carbonyl (C=O) groups excluding carboxylic acids is 3. The van der Waals surface area contributed by atoms with Crippen LogP contribution in [0.2, 0.25) is 0 Å². The number of nitrogens with zero attached hydrogens (tertiary/aromatic N) is 3. The fourth-order valence-electron chi connectivity index (χ4n) is 3.40. The highest BCUT2D eigenvalue weighted by molar-refractivity contribution is 8.03. The first kappa shape index (κ1) is 17.8. The molecule has 3 aliphatic rings. The van der Waals surface area contributed by atoms with E-state index in [9.17, 15) is 14.4 Å². The van der Waals surface area contributed by atoms with E-state index in [1.165, 1.54) is 42.6 Å². The summed E-state index contributed by atoms with van der Waals surface area (Å²) in [4.78, 5) is 42.8. The lowest BCUT2D eigenvalue weighted by Gasteiger charge is -2.26. The number of hydrogen-bond acceptors (Lipinski definition) is 5. The molecule has 2 aliphatic heterocycles. The third-order valence-electron chi connectivity index (χ3n) is 4.82. The first-order valence-electron chi connectivity index (χ1n) is 8.57. The smallest absolute Gasteiger partial charge is 0.353 e. The average Bonchev–Trinajstić information content (AvgIpc) is 2.63. The first-order chi connectivity index (χ1) is 12.0. The molecule has 2 heterocycles. The Kier molecular flexibility index (Phi) is 5.36. The monoisotopic (exact) mass is 363 g/mol. The van der Waals surface area contributed by atoms with Crippen molar-refractivity contribution < 1.29 is 19.0 Å². The SMILES string of the molecule is CN1C(=O)C2C(SCC(=O)NC3CCCCC3)=CC=NC2=[N+](C)C1=O. The summed E-state index contributed by atoms with van der Waals surface area (Å²) in [6.45, 7) is 0. The van der Waals surface area contributed by atoms with Crippen molar-refractivity contribution in [2.45, 2.75) is 38.1 Å². The van der Waals surface area contributed by atoms with Crippen molar-refractivity contribution in [2.24, 2.45) is 10.9 Å². The van der Waals surface area contributed by atoms with E-state index in [2.05, 4.69) is 10.3 Å². The van der Waals surface area contributed by atoms with E-state index >= 15 is 0 Å². The van der Waals surface area contributed by atoms with Crippen LogP contribution in [-0.4, -0.2) is 65.3 Å². The van der Waals surface area contributed by atoms with Crippen LogP contribution in [0.4, 0.5) is 4.79 Å². The lowest BCUT2D eigenvalue weighted by Crippen LogP contribution is -2.52. The zero-order chi connectivity index (χ0) is 18.0. The summed E-state index contributed by atoms with van der Waals surface area (Å²) in [7, 11) is 3.07. The van der Waals surface area contributed by atoms with Gasteiger partial charge >= 0.3 is 11.9 Å². The molecule has 0 aromatic heterocycles. The maximum absolute atomic E-state index is 12.5. The highest BCUT2D eigenvalue weighted by Gasteiger charge is 2.47. The predicted octanol–water partition coefficient (Wildman–Crippen LogP) is 1.39. The van der Waals surface area contributed by atoms with E-state index in [4.69, 9.17) is 0 Å². The molecule has 3 rings (SSSR count). The Morgan fingerprint density at radius 3 is 2.80 bits per heavy atom. The Hall–Kier alpha value is -1.96. The lowest BCUT2D eigenvalue weighted by atomic mass is 9.95. The standard InChI is InChI=1S/C17H22N4O3S/c1-20-15-14(16(23)21(2)17(20)24)12(8-9-18-15)25-10-13(22)19-11-6-4-3-5-7-11/h8-9,11,14H,3-7,10H2,1-2H3/p+1. The van der Waals surface area contributed by atoms with E-state index in [1.807, 2.05) is 0 Å². The molecule has 134 valence electrons. The molecule has 25 heavy (non-hydrogen) atoms. The van der Waals surface area contributed by atoms with Crippen LogP contribution in [0, 0.1) is 5.92 Å². The van der Waals surface area contributed by atoms with Crippen LogP contribution in [-0.2, 0) is 9.59 Å². The Labute approximate surface area is 151 Å². The number of hydrogen-bond donors (Lipinski definition) is 1. The molecule has 4 amide bonds. The summed E-state index contributed by atoms with van der Waals surface area (Å²) < 4.78 is 1.39. The van der Waals surface area contributed by atoms with Gasteiger partial charge in [-0.1, -0.05) is 19.3 Å². The minimum Gasteiger partial charge on any atom is -0.353 e. The number of urea groups is 1. The van der Waals surface area contributed by atoms with Crippen molar-refractivity contribution in [3.05, 3.63) is 11.0 Å². The van der Waals surface area contributed by atoms with E-state index in [-0.39, 0.29) is 23.6 Å². The average molecular weight is 363 g/mol. The maximum Gasteiger partial charge on any atom is 0.445 e. The maximum atomic E-state index is 12.5. The molecule has 0 saturated heterocycles. The van der Waals surface area contributed by atoms with Crippen LogP contribution in [0.15, 0.2) is 16.0 Å². The van der Waals surface area contributed by atoms with Gasteiger partial charge in [-0.05, 0) is 18.9 Å². The van der Waals surface area contributed by atoms with Crippen molar-refractivity contribution >= 4 is 41.7 Å². The van der Waals surface area contributed by atoms with Crippen LogP contribution in [0.25, 0.3) is 0 Å². The Balaban J connectivity index is 1.65. The van der Waals surface area contributed by atoms with E-state index in [1.54, 1.807) is 19.3 Å². The van der Waals surface area contributed by atoms with Crippen molar-refractivity contribution in [1.29, 1.82) is 0 Å². The fourth-order valence-corrected chi connectivity index (χ4v) is 4.32. The van der Waals surface area contributed by atoms with Crippen LogP contribution < -0.4 is 5.32 Å². The van der Waals surface area contributed by atoms with E-state index in [0.29, 0.717) is 5.84 Å². The summed E-state index contributed by atoms with van der Waals surface area (Å²) >= 11 is 1.34. The zero-order valence-electron chi connectivity index (χ0n) is 14.5. The molecule has 1 N–H and O–H groups in total. The number of nitrogens with one attached hydrogen (secondary N) is 1. The molecule has 1 aliphatic carbocycles.